The van der Waals surface area contributed by atoms with Crippen LogP contribution >= 0.6 is 0 Å². The number of hydrogen-bond donors (Lipinski definition) is 3. The minimum atomic E-state index is -2.38. The van der Waals surface area contributed by atoms with Crippen LogP contribution in [0.3, 0.4) is 0 Å². The number of hydrogen-bond acceptors (Lipinski definition) is 11. The van der Waals surface area contributed by atoms with Crippen molar-refractivity contribution in [2.24, 2.45) is 0 Å². The molecule has 0 amide bonds. The average Bonchev–Trinajstić information content (AvgIpc) is 2.74. The Balaban J connectivity index is 1.96. The number of nitrogens with zero attached hydrogens (tertiary/aromatic N) is 5. The normalized spacial score (nSPS) is 11.9. The molecule has 3 rings (SSSR count). The van der Waals surface area contributed by atoms with E-state index in [0.717, 1.165) is 0 Å². The van der Waals surface area contributed by atoms with Crippen LogP contribution in [-0.2, 0) is 22.5 Å². The summed E-state index contributed by atoms with van der Waals surface area (Å²) in [6.45, 7) is 4.39. The molecule has 4 N–H and O–H groups in total. The predicted molar refractivity (Wildman–Crippen MR) is 118 cm³/mol. The molecule has 0 saturated carbocycles. The predicted octanol–water partition coefficient (Wildman–Crippen LogP) is 1.18. The van der Waals surface area contributed by atoms with Crippen molar-refractivity contribution in [3.8, 4) is 17.1 Å². The first kappa shape index (κ1) is 23.4. The Morgan fingerprint density at radius 1 is 1.12 bits per heavy atom. The van der Waals surface area contributed by atoms with Crippen LogP contribution in [0.4, 0.5) is 17.5 Å². The van der Waals surface area contributed by atoms with Gasteiger partial charge >= 0.3 is 0 Å². The van der Waals surface area contributed by atoms with E-state index in [1.807, 2.05) is 0 Å². The molecule has 3 aromatic rings. The fourth-order valence-corrected chi connectivity index (χ4v) is 3.03. The maximum absolute atomic E-state index is 10.8. The summed E-state index contributed by atoms with van der Waals surface area (Å²) in [5.41, 5.74) is 8.36. The molecule has 1 unspecified atom stereocenters. The van der Waals surface area contributed by atoms with Crippen LogP contribution in [-0.4, -0.2) is 54.0 Å². The zero-order valence-corrected chi connectivity index (χ0v) is 18.6. The van der Waals surface area contributed by atoms with E-state index >= 15 is 0 Å². The molecule has 0 spiro atoms. The lowest BCUT2D eigenvalue weighted by atomic mass is 10.2. The molecule has 0 aromatic carbocycles. The van der Waals surface area contributed by atoms with Crippen molar-refractivity contribution in [2.75, 3.05) is 31.4 Å². The summed E-state index contributed by atoms with van der Waals surface area (Å²) in [6, 6.07) is 3.52. The van der Waals surface area contributed by atoms with Crippen LogP contribution in [0.2, 0.25) is 0 Å². The van der Waals surface area contributed by atoms with E-state index in [0.29, 0.717) is 58.9 Å². The number of nitrogens with one attached hydrogen (secondary N) is 2. The van der Waals surface area contributed by atoms with Gasteiger partial charge in [-0.25, -0.2) is 14.7 Å². The SMILES string of the molecule is COCCOc1cnc(Nc2cnc(C)c(CNS(=O)[O-])c2)c(-c2nc(C)nc(N)n2)c1. The third kappa shape index (κ3) is 6.37. The number of pyridine rings is 2. The molecule has 0 saturated heterocycles. The molecule has 0 fully saturated rings. The Labute approximate surface area is 187 Å². The standard InChI is InChI=1S/C19H24N8O4S/c1-11-13(8-23-32(28)29)6-14(9-21-11)26-17-16(18-24-12(2)25-19(20)27-18)7-15(10-22-17)31-5-4-30-3/h6-7,9-10,23H,4-5,8H2,1-3H3,(H,22,26)(H,28,29)(H2,20,24,25,27)/p-1. The zero-order chi connectivity index (χ0) is 23.1. The third-order valence-corrected chi connectivity index (χ3v) is 4.64. The highest BCUT2D eigenvalue weighted by Crippen LogP contribution is 2.30. The van der Waals surface area contributed by atoms with Crippen LogP contribution in [0, 0.1) is 13.8 Å². The monoisotopic (exact) mass is 459 g/mol. The molecule has 0 radical (unpaired) electrons. The first-order valence-corrected chi connectivity index (χ1v) is 10.6. The number of ether oxygens (including phenoxy) is 2. The van der Waals surface area contributed by atoms with E-state index in [9.17, 15) is 8.76 Å². The molecule has 13 heteroatoms. The lowest BCUT2D eigenvalue weighted by molar-refractivity contribution is 0.146. The van der Waals surface area contributed by atoms with E-state index in [1.165, 1.54) is 0 Å². The highest BCUT2D eigenvalue weighted by molar-refractivity contribution is 7.77. The fraction of sp³-hybridized carbons (Fsp3) is 0.316. The van der Waals surface area contributed by atoms with Crippen molar-refractivity contribution in [1.29, 1.82) is 0 Å². The van der Waals surface area contributed by atoms with Crippen molar-refractivity contribution < 1.29 is 18.2 Å². The molecular weight excluding hydrogens is 436 g/mol. The van der Waals surface area contributed by atoms with Crippen LogP contribution in [0.1, 0.15) is 17.1 Å². The molecule has 12 nitrogen and oxygen atoms in total. The molecule has 1 atom stereocenters. The second-order valence-corrected chi connectivity index (χ2v) is 7.38. The van der Waals surface area contributed by atoms with Crippen LogP contribution in [0.5, 0.6) is 5.75 Å². The van der Waals surface area contributed by atoms with E-state index in [2.05, 4.69) is 35.0 Å². The zero-order valence-electron chi connectivity index (χ0n) is 17.8. The number of nitrogens with two attached hydrogens (primary N) is 1. The van der Waals surface area contributed by atoms with Gasteiger partial charge in [-0.1, -0.05) is 0 Å². The Bertz CT molecular complexity index is 1090. The first-order chi connectivity index (χ1) is 15.4. The number of rotatable bonds is 10. The Morgan fingerprint density at radius 3 is 2.66 bits per heavy atom. The number of aryl methyl sites for hydroxylation is 2. The van der Waals surface area contributed by atoms with Gasteiger partial charge in [0, 0.05) is 30.6 Å². The van der Waals surface area contributed by atoms with E-state index in [-0.39, 0.29) is 12.5 Å². The van der Waals surface area contributed by atoms with Gasteiger partial charge < -0.3 is 25.1 Å². The maximum atomic E-state index is 10.8. The number of aromatic nitrogens is 5. The first-order valence-electron chi connectivity index (χ1n) is 9.51. The van der Waals surface area contributed by atoms with Crippen molar-refractivity contribution in [3.63, 3.8) is 0 Å². The summed E-state index contributed by atoms with van der Waals surface area (Å²) >= 11 is -2.38. The molecule has 3 aromatic heterocycles. The Morgan fingerprint density at radius 2 is 1.94 bits per heavy atom. The van der Waals surface area contributed by atoms with Crippen molar-refractivity contribution in [3.05, 3.63) is 41.6 Å². The molecule has 0 aliphatic rings. The van der Waals surface area contributed by atoms with Gasteiger partial charge in [0.1, 0.15) is 24.0 Å². The van der Waals surface area contributed by atoms with Crippen molar-refractivity contribution in [1.82, 2.24) is 29.6 Å². The maximum Gasteiger partial charge on any atom is 0.223 e. The summed E-state index contributed by atoms with van der Waals surface area (Å²) < 4.78 is 34.7. The van der Waals surface area contributed by atoms with Gasteiger partial charge in [0.15, 0.2) is 5.82 Å². The van der Waals surface area contributed by atoms with Crippen molar-refractivity contribution >= 4 is 28.7 Å². The lowest BCUT2D eigenvalue weighted by Crippen LogP contribution is -2.16. The van der Waals surface area contributed by atoms with Gasteiger partial charge in [-0.2, -0.15) is 9.97 Å². The molecule has 0 aliphatic heterocycles. The summed E-state index contributed by atoms with van der Waals surface area (Å²) in [7, 11) is 1.59. The number of methoxy groups -OCH3 is 1. The van der Waals surface area contributed by atoms with Gasteiger partial charge in [-0.3, -0.25) is 9.19 Å². The van der Waals surface area contributed by atoms with Gasteiger partial charge in [-0.15, -0.1) is 0 Å². The second-order valence-electron chi connectivity index (χ2n) is 6.62. The van der Waals surface area contributed by atoms with Gasteiger partial charge in [0.2, 0.25) is 5.95 Å². The van der Waals surface area contributed by atoms with Gasteiger partial charge in [-0.05, 0) is 31.5 Å². The molecule has 0 aliphatic carbocycles. The molecule has 3 heterocycles. The van der Waals surface area contributed by atoms with Gasteiger partial charge in [0.05, 0.1) is 30.3 Å². The number of nitrogen functional groups attached to an aromatic ring is 1. The fourth-order valence-electron chi connectivity index (χ4n) is 2.76. The Hall–Kier alpha value is -3.26. The highest BCUT2D eigenvalue weighted by atomic mass is 32.2. The lowest BCUT2D eigenvalue weighted by Gasteiger charge is -2.15. The van der Waals surface area contributed by atoms with E-state index in [1.54, 1.807) is 45.5 Å². The summed E-state index contributed by atoms with van der Waals surface area (Å²) in [4.78, 5) is 21.4. The number of anilines is 3. The van der Waals surface area contributed by atoms with Crippen LogP contribution in [0.25, 0.3) is 11.4 Å². The largest absolute Gasteiger partial charge is 0.760 e. The van der Waals surface area contributed by atoms with E-state index < -0.39 is 11.3 Å². The highest BCUT2D eigenvalue weighted by Gasteiger charge is 2.15. The molecule has 0 bridgehead atoms. The topological polar surface area (TPSA) is 173 Å². The third-order valence-electron chi connectivity index (χ3n) is 4.26. The molecule has 170 valence electrons. The second kappa shape index (κ2) is 10.9. The quantitative estimate of drug-likeness (QED) is 0.293. The Kier molecular flexibility index (Phi) is 7.94. The smallest absolute Gasteiger partial charge is 0.223 e. The van der Waals surface area contributed by atoms with Gasteiger partial charge in [0.25, 0.3) is 0 Å². The van der Waals surface area contributed by atoms with Crippen LogP contribution < -0.4 is 20.5 Å². The minimum Gasteiger partial charge on any atom is -0.760 e. The summed E-state index contributed by atoms with van der Waals surface area (Å²) in [6.07, 6.45) is 3.18. The minimum absolute atomic E-state index is 0.0835. The van der Waals surface area contributed by atoms with Crippen molar-refractivity contribution in [2.45, 2.75) is 20.4 Å². The molecular formula is C19H23N8O4S-. The summed E-state index contributed by atoms with van der Waals surface area (Å²) in [5, 5.41) is 3.18. The summed E-state index contributed by atoms with van der Waals surface area (Å²) in [5.74, 6) is 1.81. The molecule has 32 heavy (non-hydrogen) atoms. The van der Waals surface area contributed by atoms with E-state index in [4.69, 9.17) is 15.2 Å². The average molecular weight is 460 g/mol. The van der Waals surface area contributed by atoms with Crippen LogP contribution in [0.15, 0.2) is 24.5 Å².